The van der Waals surface area contributed by atoms with Gasteiger partial charge in [-0.05, 0) is 66.9 Å². The van der Waals surface area contributed by atoms with Crippen molar-refractivity contribution in [3.8, 4) is 17.1 Å². The molecule has 0 amide bonds. The molecule has 4 rings (SSSR count). The maximum absolute atomic E-state index is 12.8. The Kier molecular flexibility index (Phi) is 4.81. The van der Waals surface area contributed by atoms with Gasteiger partial charge in [-0.1, -0.05) is 29.3 Å². The van der Waals surface area contributed by atoms with Crippen LogP contribution < -0.4 is 4.74 Å². The fraction of sp³-hybridized carbons (Fsp3) is 0.136. The molecule has 1 aliphatic carbocycles. The van der Waals surface area contributed by atoms with Crippen LogP contribution in [0.3, 0.4) is 0 Å². The van der Waals surface area contributed by atoms with Crippen LogP contribution >= 0.6 is 23.2 Å². The minimum absolute atomic E-state index is 0.0256. The lowest BCUT2D eigenvalue weighted by molar-refractivity contribution is 0.102. The number of fused-ring (bicyclic) bond motifs is 1. The van der Waals surface area contributed by atoms with Crippen LogP contribution in [0.4, 0.5) is 0 Å². The number of Topliss-reactive ketones (excluding diaryl/α,β-unsaturated/α-hetero) is 1. The van der Waals surface area contributed by atoms with Crippen molar-refractivity contribution < 1.29 is 13.9 Å². The first kappa shape index (κ1) is 17.9. The van der Waals surface area contributed by atoms with Crippen molar-refractivity contribution in [2.24, 2.45) is 0 Å². The zero-order valence-corrected chi connectivity index (χ0v) is 16.1. The van der Waals surface area contributed by atoms with Gasteiger partial charge in [-0.3, -0.25) is 4.79 Å². The summed E-state index contributed by atoms with van der Waals surface area (Å²) in [5.74, 6) is 2.02. The molecule has 1 heterocycles. The highest BCUT2D eigenvalue weighted by Gasteiger charge is 2.23. The molecule has 0 saturated carbocycles. The average Bonchev–Trinajstić information content (AvgIpc) is 3.14. The number of carbonyl (C=O) groups is 1. The lowest BCUT2D eigenvalue weighted by Gasteiger charge is -2.18. The Morgan fingerprint density at radius 3 is 2.70 bits per heavy atom. The number of methoxy groups -OCH3 is 1. The normalized spacial score (nSPS) is 15.1. The SMILES string of the molecule is COc1ccc2c(c1)CC/C(=C\c1ccc(-c3cccc(Cl)c3Cl)o1)C2=O. The van der Waals surface area contributed by atoms with E-state index in [2.05, 4.69) is 0 Å². The molecule has 3 nitrogen and oxygen atoms in total. The number of carbonyl (C=O) groups excluding carboxylic acids is 1. The first-order valence-corrected chi connectivity index (χ1v) is 9.29. The molecule has 0 saturated heterocycles. The number of rotatable bonds is 3. The van der Waals surface area contributed by atoms with Crippen molar-refractivity contribution in [1.82, 2.24) is 0 Å². The maximum Gasteiger partial charge on any atom is 0.189 e. The summed E-state index contributed by atoms with van der Waals surface area (Å²) < 4.78 is 11.1. The van der Waals surface area contributed by atoms with Gasteiger partial charge in [0.25, 0.3) is 0 Å². The summed E-state index contributed by atoms with van der Waals surface area (Å²) in [4.78, 5) is 12.8. The maximum atomic E-state index is 12.8. The van der Waals surface area contributed by atoms with E-state index >= 15 is 0 Å². The van der Waals surface area contributed by atoms with Crippen LogP contribution in [0, 0.1) is 0 Å². The van der Waals surface area contributed by atoms with Crippen LogP contribution in [0.5, 0.6) is 5.75 Å². The van der Waals surface area contributed by atoms with Crippen LogP contribution in [0.25, 0.3) is 17.4 Å². The Morgan fingerprint density at radius 1 is 1.04 bits per heavy atom. The first-order chi connectivity index (χ1) is 13.1. The van der Waals surface area contributed by atoms with Gasteiger partial charge in [-0.15, -0.1) is 0 Å². The topological polar surface area (TPSA) is 39.4 Å². The molecular weight excluding hydrogens is 383 g/mol. The molecule has 0 aliphatic heterocycles. The molecule has 2 aromatic carbocycles. The number of halogens is 2. The molecule has 136 valence electrons. The summed E-state index contributed by atoms with van der Waals surface area (Å²) in [6.07, 6.45) is 3.25. The second-order valence-corrected chi connectivity index (χ2v) is 7.11. The van der Waals surface area contributed by atoms with Crippen LogP contribution in [-0.4, -0.2) is 12.9 Å². The molecule has 0 unspecified atom stereocenters. The van der Waals surface area contributed by atoms with E-state index in [1.807, 2.05) is 42.5 Å². The van der Waals surface area contributed by atoms with Crippen LogP contribution in [0.1, 0.15) is 28.1 Å². The number of ether oxygens (including phenoxy) is 1. The smallest absolute Gasteiger partial charge is 0.189 e. The molecule has 27 heavy (non-hydrogen) atoms. The van der Waals surface area contributed by atoms with E-state index in [0.717, 1.165) is 34.4 Å². The van der Waals surface area contributed by atoms with Crippen LogP contribution in [-0.2, 0) is 6.42 Å². The van der Waals surface area contributed by atoms with Gasteiger partial charge in [-0.25, -0.2) is 0 Å². The lowest BCUT2D eigenvalue weighted by Crippen LogP contribution is -2.14. The molecule has 3 aromatic rings. The third-order valence-corrected chi connectivity index (χ3v) is 5.49. The van der Waals surface area contributed by atoms with Gasteiger partial charge in [0.1, 0.15) is 17.3 Å². The van der Waals surface area contributed by atoms with E-state index < -0.39 is 0 Å². The van der Waals surface area contributed by atoms with E-state index in [9.17, 15) is 4.79 Å². The highest BCUT2D eigenvalue weighted by atomic mass is 35.5. The number of aryl methyl sites for hydroxylation is 1. The van der Waals surface area contributed by atoms with Crippen molar-refractivity contribution >= 4 is 35.1 Å². The van der Waals surface area contributed by atoms with Crippen molar-refractivity contribution in [3.63, 3.8) is 0 Å². The average molecular weight is 399 g/mol. The van der Waals surface area contributed by atoms with E-state index in [1.165, 1.54) is 0 Å². The summed E-state index contributed by atoms with van der Waals surface area (Å²) in [6.45, 7) is 0. The molecule has 1 aliphatic rings. The fourth-order valence-corrected chi connectivity index (χ4v) is 3.65. The lowest BCUT2D eigenvalue weighted by atomic mass is 9.86. The summed E-state index contributed by atoms with van der Waals surface area (Å²) in [5, 5.41) is 0.921. The summed E-state index contributed by atoms with van der Waals surface area (Å²) in [7, 11) is 1.62. The van der Waals surface area contributed by atoms with Gasteiger partial charge < -0.3 is 9.15 Å². The second-order valence-electron chi connectivity index (χ2n) is 6.33. The monoisotopic (exact) mass is 398 g/mol. The fourth-order valence-electron chi connectivity index (χ4n) is 3.26. The van der Waals surface area contributed by atoms with Gasteiger partial charge >= 0.3 is 0 Å². The minimum atomic E-state index is 0.0256. The van der Waals surface area contributed by atoms with Crippen molar-refractivity contribution in [2.75, 3.05) is 7.11 Å². The predicted molar refractivity (Wildman–Crippen MR) is 108 cm³/mol. The van der Waals surface area contributed by atoms with Gasteiger partial charge in [0.2, 0.25) is 0 Å². The largest absolute Gasteiger partial charge is 0.497 e. The number of benzene rings is 2. The summed E-state index contributed by atoms with van der Waals surface area (Å²) in [6, 6.07) is 14.6. The molecule has 0 atom stereocenters. The molecule has 0 N–H and O–H groups in total. The Morgan fingerprint density at radius 2 is 1.89 bits per heavy atom. The Balaban J connectivity index is 1.64. The Labute approximate surface area is 167 Å². The number of hydrogen-bond donors (Lipinski definition) is 0. The molecule has 1 aromatic heterocycles. The van der Waals surface area contributed by atoms with Crippen LogP contribution in [0.15, 0.2) is 58.5 Å². The van der Waals surface area contributed by atoms with Crippen molar-refractivity contribution in [1.29, 1.82) is 0 Å². The first-order valence-electron chi connectivity index (χ1n) is 8.53. The summed E-state index contributed by atoms with van der Waals surface area (Å²) >= 11 is 12.3. The highest BCUT2D eigenvalue weighted by molar-refractivity contribution is 6.43. The number of ketones is 1. The molecule has 0 fully saturated rings. The number of allylic oxidation sites excluding steroid dienone is 1. The Bertz CT molecular complexity index is 1060. The molecule has 0 spiro atoms. The third-order valence-electron chi connectivity index (χ3n) is 4.67. The van der Waals surface area contributed by atoms with Gasteiger partial charge in [0.05, 0.1) is 17.2 Å². The molecular formula is C22H16Cl2O3. The second kappa shape index (κ2) is 7.26. The van der Waals surface area contributed by atoms with Gasteiger partial charge in [0.15, 0.2) is 5.78 Å². The van der Waals surface area contributed by atoms with Gasteiger partial charge in [0, 0.05) is 16.7 Å². The molecule has 5 heteroatoms. The zero-order valence-electron chi connectivity index (χ0n) is 14.6. The van der Waals surface area contributed by atoms with Crippen molar-refractivity contribution in [3.05, 3.63) is 81.0 Å². The highest BCUT2D eigenvalue weighted by Crippen LogP contribution is 2.35. The minimum Gasteiger partial charge on any atom is -0.497 e. The molecule has 0 radical (unpaired) electrons. The zero-order chi connectivity index (χ0) is 19.0. The quantitative estimate of drug-likeness (QED) is 0.474. The standard InChI is InChI=1S/C22H16Cl2O3/c1-26-15-7-9-17-13(11-15)5-6-14(22(17)25)12-16-8-10-20(27-16)18-3-2-4-19(23)21(18)24/h2-4,7-12H,5-6H2,1H3/b14-12+. The number of hydrogen-bond acceptors (Lipinski definition) is 3. The Hall–Kier alpha value is -2.49. The van der Waals surface area contributed by atoms with E-state index in [1.54, 1.807) is 19.3 Å². The van der Waals surface area contributed by atoms with E-state index in [-0.39, 0.29) is 5.78 Å². The van der Waals surface area contributed by atoms with E-state index in [4.69, 9.17) is 32.4 Å². The van der Waals surface area contributed by atoms with Crippen LogP contribution in [0.2, 0.25) is 10.0 Å². The summed E-state index contributed by atoms with van der Waals surface area (Å²) in [5.41, 5.74) is 3.19. The van der Waals surface area contributed by atoms with Crippen molar-refractivity contribution in [2.45, 2.75) is 12.8 Å². The van der Waals surface area contributed by atoms with Gasteiger partial charge in [-0.2, -0.15) is 0 Å². The number of furan rings is 1. The predicted octanol–water partition coefficient (Wildman–Crippen LogP) is 6.47. The van der Waals surface area contributed by atoms with E-state index in [0.29, 0.717) is 28.0 Å². The third kappa shape index (κ3) is 3.41. The molecule has 0 bridgehead atoms.